The Morgan fingerprint density at radius 3 is 2.65 bits per heavy atom. The van der Waals surface area contributed by atoms with Crippen LogP contribution in [0.5, 0.6) is 5.75 Å². The van der Waals surface area contributed by atoms with Crippen LogP contribution in [0.15, 0.2) is 6.07 Å². The van der Waals surface area contributed by atoms with Crippen molar-refractivity contribution in [3.8, 4) is 5.75 Å². The van der Waals surface area contributed by atoms with Crippen LogP contribution in [0, 0.1) is 13.8 Å². The largest absolute Gasteiger partial charge is 0.507 e. The highest BCUT2D eigenvalue weighted by Gasteiger charge is 2.18. The van der Waals surface area contributed by atoms with Crippen LogP contribution in [0.2, 0.25) is 5.02 Å². The zero-order valence-corrected chi connectivity index (χ0v) is 10.8. The van der Waals surface area contributed by atoms with E-state index in [1.54, 1.807) is 13.0 Å². The Kier molecular flexibility index (Phi) is 4.37. The molecule has 0 bridgehead atoms. The first-order valence-electron chi connectivity index (χ1n) is 5.19. The molecule has 3 N–H and O–H groups in total. The number of aromatic hydroxyl groups is 1. The second kappa shape index (κ2) is 5.38. The Hall–Kier alpha value is -1.26. The number of phenolic OH excluding ortho intramolecular Hbond substituents is 1. The van der Waals surface area contributed by atoms with Gasteiger partial charge in [0.05, 0.1) is 7.11 Å². The monoisotopic (exact) mass is 257 g/mol. The number of benzene rings is 1. The number of carbonyl (C=O) groups is 1. The third-order valence-corrected chi connectivity index (χ3v) is 3.22. The van der Waals surface area contributed by atoms with Gasteiger partial charge in [-0.05, 0) is 36.6 Å². The van der Waals surface area contributed by atoms with Crippen molar-refractivity contribution < 1.29 is 14.6 Å². The van der Waals surface area contributed by atoms with Gasteiger partial charge >= 0.3 is 5.97 Å². The highest BCUT2D eigenvalue weighted by atomic mass is 35.5. The molecule has 1 unspecified atom stereocenters. The number of methoxy groups -OCH3 is 1. The summed E-state index contributed by atoms with van der Waals surface area (Å²) in [6.07, 6.45) is 0.194. The van der Waals surface area contributed by atoms with Crippen molar-refractivity contribution in [1.82, 2.24) is 0 Å². The maximum atomic E-state index is 11.2. The number of hydrogen-bond donors (Lipinski definition) is 2. The van der Waals surface area contributed by atoms with Crippen LogP contribution in [0.4, 0.5) is 0 Å². The Morgan fingerprint density at radius 2 is 2.12 bits per heavy atom. The molecule has 5 heteroatoms. The summed E-state index contributed by atoms with van der Waals surface area (Å²) >= 11 is 6.02. The lowest BCUT2D eigenvalue weighted by Gasteiger charge is -2.14. The lowest BCUT2D eigenvalue weighted by Crippen LogP contribution is -2.33. The van der Waals surface area contributed by atoms with E-state index in [-0.39, 0.29) is 12.2 Å². The van der Waals surface area contributed by atoms with Crippen molar-refractivity contribution in [2.24, 2.45) is 5.73 Å². The Balaban J connectivity index is 3.04. The molecule has 94 valence electrons. The van der Waals surface area contributed by atoms with Gasteiger partial charge in [-0.3, -0.25) is 4.79 Å². The molecule has 1 aromatic rings. The van der Waals surface area contributed by atoms with E-state index in [4.69, 9.17) is 17.3 Å². The zero-order valence-electron chi connectivity index (χ0n) is 10.1. The predicted octanol–water partition coefficient (Wildman–Crippen LogP) is 1.71. The van der Waals surface area contributed by atoms with Gasteiger partial charge in [-0.1, -0.05) is 11.6 Å². The van der Waals surface area contributed by atoms with Crippen LogP contribution in [0.3, 0.4) is 0 Å². The van der Waals surface area contributed by atoms with E-state index < -0.39 is 12.0 Å². The molecular formula is C12H16ClNO3. The second-order valence-corrected chi connectivity index (χ2v) is 4.36. The number of carbonyl (C=O) groups excluding carboxylic acids is 1. The number of esters is 1. The Labute approximate surface area is 105 Å². The summed E-state index contributed by atoms with van der Waals surface area (Å²) in [5.41, 5.74) is 7.71. The molecule has 17 heavy (non-hydrogen) atoms. The first-order chi connectivity index (χ1) is 7.88. The minimum atomic E-state index is -0.802. The molecule has 0 aliphatic carbocycles. The summed E-state index contributed by atoms with van der Waals surface area (Å²) in [5, 5.41) is 10.5. The number of hydrogen-bond acceptors (Lipinski definition) is 4. The number of ether oxygens (including phenoxy) is 1. The molecule has 0 aromatic heterocycles. The minimum Gasteiger partial charge on any atom is -0.507 e. The fraction of sp³-hybridized carbons (Fsp3) is 0.417. The Bertz CT molecular complexity index is 446. The molecule has 0 heterocycles. The second-order valence-electron chi connectivity index (χ2n) is 3.95. The summed E-state index contributed by atoms with van der Waals surface area (Å²) < 4.78 is 4.53. The Morgan fingerprint density at radius 1 is 1.53 bits per heavy atom. The van der Waals surface area contributed by atoms with Gasteiger partial charge in [-0.25, -0.2) is 0 Å². The van der Waals surface area contributed by atoms with E-state index >= 15 is 0 Å². The van der Waals surface area contributed by atoms with E-state index in [0.29, 0.717) is 16.1 Å². The maximum absolute atomic E-state index is 11.2. The van der Waals surface area contributed by atoms with Crippen molar-refractivity contribution in [3.05, 3.63) is 27.8 Å². The molecule has 4 nitrogen and oxygen atoms in total. The molecule has 0 fully saturated rings. The summed E-state index contributed by atoms with van der Waals surface area (Å²) in [6, 6.07) is 0.825. The minimum absolute atomic E-state index is 0.131. The first-order valence-corrected chi connectivity index (χ1v) is 5.57. The van der Waals surface area contributed by atoms with E-state index in [0.717, 1.165) is 5.56 Å². The SMILES string of the molecule is COC(=O)C(N)Cc1cc(Cl)c(C)c(C)c1O. The van der Waals surface area contributed by atoms with E-state index in [1.165, 1.54) is 7.11 Å². The summed E-state index contributed by atoms with van der Waals surface area (Å²) in [7, 11) is 1.27. The van der Waals surface area contributed by atoms with Gasteiger partial charge in [-0.2, -0.15) is 0 Å². The zero-order chi connectivity index (χ0) is 13.2. The highest BCUT2D eigenvalue weighted by molar-refractivity contribution is 6.31. The van der Waals surface area contributed by atoms with Gasteiger partial charge in [0.2, 0.25) is 0 Å². The average Bonchev–Trinajstić information content (AvgIpc) is 2.32. The molecule has 0 radical (unpaired) electrons. The van der Waals surface area contributed by atoms with Gasteiger partial charge in [0.1, 0.15) is 11.8 Å². The quantitative estimate of drug-likeness (QED) is 0.809. The van der Waals surface area contributed by atoms with Crippen LogP contribution in [-0.2, 0) is 16.0 Å². The lowest BCUT2D eigenvalue weighted by atomic mass is 9.99. The van der Waals surface area contributed by atoms with Gasteiger partial charge in [0, 0.05) is 11.4 Å². The first kappa shape index (κ1) is 13.8. The molecule has 1 aromatic carbocycles. The fourth-order valence-corrected chi connectivity index (χ4v) is 1.83. The lowest BCUT2D eigenvalue weighted by molar-refractivity contribution is -0.142. The number of rotatable bonds is 3. The van der Waals surface area contributed by atoms with Crippen molar-refractivity contribution in [2.75, 3.05) is 7.11 Å². The molecule has 0 amide bonds. The van der Waals surface area contributed by atoms with Crippen LogP contribution >= 0.6 is 11.6 Å². The highest BCUT2D eigenvalue weighted by Crippen LogP contribution is 2.31. The predicted molar refractivity (Wildman–Crippen MR) is 66.3 cm³/mol. The van der Waals surface area contributed by atoms with E-state index in [2.05, 4.69) is 4.74 Å². The van der Waals surface area contributed by atoms with Crippen molar-refractivity contribution in [1.29, 1.82) is 0 Å². The van der Waals surface area contributed by atoms with Crippen LogP contribution in [0.25, 0.3) is 0 Å². The van der Waals surface area contributed by atoms with Crippen molar-refractivity contribution >= 4 is 17.6 Å². The summed E-state index contributed by atoms with van der Waals surface area (Å²) in [6.45, 7) is 3.59. The molecule has 0 spiro atoms. The van der Waals surface area contributed by atoms with E-state index in [9.17, 15) is 9.90 Å². The van der Waals surface area contributed by atoms with E-state index in [1.807, 2.05) is 6.92 Å². The molecule has 0 aliphatic heterocycles. The van der Waals surface area contributed by atoms with Crippen LogP contribution < -0.4 is 5.73 Å². The van der Waals surface area contributed by atoms with Gasteiger partial charge in [-0.15, -0.1) is 0 Å². The summed E-state index contributed by atoms with van der Waals surface area (Å²) in [5.74, 6) is -0.384. The molecule has 0 saturated carbocycles. The number of nitrogens with two attached hydrogens (primary N) is 1. The average molecular weight is 258 g/mol. The topological polar surface area (TPSA) is 72.5 Å². The number of phenols is 1. The smallest absolute Gasteiger partial charge is 0.322 e. The third kappa shape index (κ3) is 2.90. The van der Waals surface area contributed by atoms with Crippen molar-refractivity contribution in [2.45, 2.75) is 26.3 Å². The van der Waals surface area contributed by atoms with Gasteiger partial charge in [0.25, 0.3) is 0 Å². The maximum Gasteiger partial charge on any atom is 0.322 e. The molecule has 1 rings (SSSR count). The van der Waals surface area contributed by atoms with Gasteiger partial charge < -0.3 is 15.6 Å². The molecule has 0 aliphatic rings. The van der Waals surface area contributed by atoms with Crippen molar-refractivity contribution in [3.63, 3.8) is 0 Å². The normalized spacial score (nSPS) is 12.3. The van der Waals surface area contributed by atoms with Crippen LogP contribution in [0.1, 0.15) is 16.7 Å². The van der Waals surface area contributed by atoms with Crippen LogP contribution in [-0.4, -0.2) is 24.2 Å². The summed E-state index contributed by atoms with van der Waals surface area (Å²) in [4.78, 5) is 11.2. The standard InChI is InChI=1S/C12H16ClNO3/c1-6-7(2)11(15)8(4-9(6)13)5-10(14)12(16)17-3/h4,10,15H,5,14H2,1-3H3. The molecular weight excluding hydrogens is 242 g/mol. The fourth-order valence-electron chi connectivity index (χ4n) is 1.55. The van der Waals surface area contributed by atoms with Gasteiger partial charge in [0.15, 0.2) is 0 Å². The third-order valence-electron chi connectivity index (χ3n) is 2.82. The molecule has 0 saturated heterocycles. The molecule has 1 atom stereocenters. The number of halogens is 1.